The zero-order valence-electron chi connectivity index (χ0n) is 10.7. The van der Waals surface area contributed by atoms with Crippen molar-refractivity contribution in [2.75, 3.05) is 7.11 Å². The van der Waals surface area contributed by atoms with E-state index in [4.69, 9.17) is 16.3 Å². The molecule has 0 aliphatic rings. The lowest BCUT2D eigenvalue weighted by molar-refractivity contribution is 0.184. The van der Waals surface area contributed by atoms with Gasteiger partial charge in [0.15, 0.2) is 0 Å². The van der Waals surface area contributed by atoms with Crippen molar-refractivity contribution in [3.63, 3.8) is 0 Å². The van der Waals surface area contributed by atoms with Gasteiger partial charge in [-0.05, 0) is 17.7 Å². The van der Waals surface area contributed by atoms with Crippen LogP contribution in [0.2, 0.25) is 5.28 Å². The van der Waals surface area contributed by atoms with Crippen LogP contribution in [0.5, 0.6) is 0 Å². The van der Waals surface area contributed by atoms with Gasteiger partial charge in [-0.2, -0.15) is 0 Å². The highest BCUT2D eigenvalue weighted by atomic mass is 35.5. The Kier molecular flexibility index (Phi) is 3.99. The smallest absolute Gasteiger partial charge is 0.229 e. The van der Waals surface area contributed by atoms with Gasteiger partial charge in [0, 0.05) is 18.6 Å². The Balaban J connectivity index is 2.58. The molecule has 0 fully saturated rings. The normalized spacial score (nSPS) is 11.2. The standard InChI is InChI=1S/C13H16ClN3O/c1-9(2)12-15-16-13(14)17(12)11-7-5-4-6-10(11)8-18-3/h4-7,9H,8H2,1-3H3. The van der Waals surface area contributed by atoms with Crippen molar-refractivity contribution in [1.82, 2.24) is 14.8 Å². The molecular weight excluding hydrogens is 250 g/mol. The van der Waals surface area contributed by atoms with Crippen molar-refractivity contribution >= 4 is 11.6 Å². The largest absolute Gasteiger partial charge is 0.380 e. The molecule has 0 unspecified atom stereocenters. The summed E-state index contributed by atoms with van der Waals surface area (Å²) in [7, 11) is 1.67. The Hall–Kier alpha value is -1.39. The van der Waals surface area contributed by atoms with Crippen LogP contribution in [0.25, 0.3) is 5.69 Å². The lowest BCUT2D eigenvalue weighted by Crippen LogP contribution is -2.06. The second-order valence-corrected chi connectivity index (χ2v) is 4.72. The number of para-hydroxylation sites is 1. The van der Waals surface area contributed by atoms with Crippen LogP contribution in [0.3, 0.4) is 0 Å². The van der Waals surface area contributed by atoms with Crippen LogP contribution in [-0.4, -0.2) is 21.9 Å². The van der Waals surface area contributed by atoms with Crippen molar-refractivity contribution in [1.29, 1.82) is 0 Å². The van der Waals surface area contributed by atoms with E-state index in [1.807, 2.05) is 28.8 Å². The van der Waals surface area contributed by atoms with E-state index in [1.165, 1.54) is 0 Å². The van der Waals surface area contributed by atoms with Crippen LogP contribution in [0.1, 0.15) is 31.2 Å². The molecule has 0 atom stereocenters. The number of nitrogens with zero attached hydrogens (tertiary/aromatic N) is 3. The molecule has 2 aromatic rings. The molecule has 1 aromatic heterocycles. The average molecular weight is 266 g/mol. The van der Waals surface area contributed by atoms with E-state index in [0.29, 0.717) is 11.9 Å². The van der Waals surface area contributed by atoms with Crippen LogP contribution in [-0.2, 0) is 11.3 Å². The van der Waals surface area contributed by atoms with E-state index in [0.717, 1.165) is 17.1 Å². The Morgan fingerprint density at radius 2 is 2.00 bits per heavy atom. The van der Waals surface area contributed by atoms with Gasteiger partial charge in [-0.3, -0.25) is 4.57 Å². The van der Waals surface area contributed by atoms with Gasteiger partial charge in [-0.15, -0.1) is 10.2 Å². The quantitative estimate of drug-likeness (QED) is 0.852. The van der Waals surface area contributed by atoms with Gasteiger partial charge in [0.05, 0.1) is 12.3 Å². The fourth-order valence-corrected chi connectivity index (χ4v) is 2.09. The Morgan fingerprint density at radius 3 is 2.67 bits per heavy atom. The van der Waals surface area contributed by atoms with Crippen molar-refractivity contribution in [3.05, 3.63) is 40.9 Å². The summed E-state index contributed by atoms with van der Waals surface area (Å²) in [5.74, 6) is 1.10. The highest BCUT2D eigenvalue weighted by Crippen LogP contribution is 2.25. The van der Waals surface area contributed by atoms with Crippen LogP contribution < -0.4 is 0 Å². The summed E-state index contributed by atoms with van der Waals surface area (Å²) in [4.78, 5) is 0. The molecule has 0 saturated heterocycles. The molecule has 18 heavy (non-hydrogen) atoms. The molecule has 1 heterocycles. The van der Waals surface area contributed by atoms with Crippen molar-refractivity contribution in [2.24, 2.45) is 0 Å². The highest BCUT2D eigenvalue weighted by molar-refractivity contribution is 6.28. The van der Waals surface area contributed by atoms with E-state index in [9.17, 15) is 0 Å². The molecule has 0 bridgehead atoms. The molecule has 0 N–H and O–H groups in total. The molecule has 0 amide bonds. The molecule has 2 rings (SSSR count). The highest BCUT2D eigenvalue weighted by Gasteiger charge is 2.17. The zero-order valence-corrected chi connectivity index (χ0v) is 11.5. The van der Waals surface area contributed by atoms with Crippen LogP contribution in [0, 0.1) is 0 Å². The minimum atomic E-state index is 0.251. The number of methoxy groups -OCH3 is 1. The number of benzene rings is 1. The minimum absolute atomic E-state index is 0.251. The SMILES string of the molecule is COCc1ccccc1-n1c(Cl)nnc1C(C)C. The molecule has 0 radical (unpaired) electrons. The third-order valence-electron chi connectivity index (χ3n) is 2.70. The molecule has 0 aliphatic carbocycles. The summed E-state index contributed by atoms with van der Waals surface area (Å²) in [5.41, 5.74) is 2.03. The maximum Gasteiger partial charge on any atom is 0.229 e. The number of hydrogen-bond donors (Lipinski definition) is 0. The number of aromatic nitrogens is 3. The van der Waals surface area contributed by atoms with Crippen molar-refractivity contribution in [3.8, 4) is 5.69 Å². The number of rotatable bonds is 4. The maximum absolute atomic E-state index is 6.14. The molecule has 96 valence electrons. The van der Waals surface area contributed by atoms with Gasteiger partial charge in [0.1, 0.15) is 5.82 Å². The van der Waals surface area contributed by atoms with E-state index in [1.54, 1.807) is 7.11 Å². The summed E-state index contributed by atoms with van der Waals surface area (Å²) in [5, 5.41) is 8.46. The zero-order chi connectivity index (χ0) is 13.1. The average Bonchev–Trinajstić information content (AvgIpc) is 2.72. The fourth-order valence-electron chi connectivity index (χ4n) is 1.88. The van der Waals surface area contributed by atoms with Gasteiger partial charge >= 0.3 is 0 Å². The summed E-state index contributed by atoms with van der Waals surface area (Å²) < 4.78 is 7.09. The van der Waals surface area contributed by atoms with Gasteiger partial charge < -0.3 is 4.74 Å². The Labute approximate surface area is 112 Å². The van der Waals surface area contributed by atoms with E-state index in [-0.39, 0.29) is 5.92 Å². The van der Waals surface area contributed by atoms with Crippen molar-refractivity contribution < 1.29 is 4.74 Å². The predicted molar refractivity (Wildman–Crippen MR) is 71.2 cm³/mol. The van der Waals surface area contributed by atoms with Crippen LogP contribution >= 0.6 is 11.6 Å². The minimum Gasteiger partial charge on any atom is -0.380 e. The molecule has 0 spiro atoms. The lowest BCUT2D eigenvalue weighted by Gasteiger charge is -2.14. The predicted octanol–water partition coefficient (Wildman–Crippen LogP) is 3.19. The molecule has 0 aliphatic heterocycles. The maximum atomic E-state index is 6.14. The third-order valence-corrected chi connectivity index (χ3v) is 2.94. The first kappa shape index (κ1) is 13.1. The second-order valence-electron chi connectivity index (χ2n) is 4.38. The molecule has 1 aromatic carbocycles. The lowest BCUT2D eigenvalue weighted by atomic mass is 10.1. The number of hydrogen-bond acceptors (Lipinski definition) is 3. The summed E-state index contributed by atoms with van der Waals surface area (Å²) >= 11 is 6.14. The van der Waals surface area contributed by atoms with Gasteiger partial charge in [-0.25, -0.2) is 0 Å². The molecule has 4 nitrogen and oxygen atoms in total. The second kappa shape index (κ2) is 5.50. The Bertz CT molecular complexity index is 537. The first-order chi connectivity index (χ1) is 8.65. The van der Waals surface area contributed by atoms with E-state index >= 15 is 0 Å². The molecular formula is C13H16ClN3O. The fraction of sp³-hybridized carbons (Fsp3) is 0.385. The van der Waals surface area contributed by atoms with Crippen molar-refractivity contribution in [2.45, 2.75) is 26.4 Å². The molecule has 5 heteroatoms. The summed E-state index contributed by atoms with van der Waals surface area (Å²) in [6.45, 7) is 4.66. The topological polar surface area (TPSA) is 39.9 Å². The van der Waals surface area contributed by atoms with Crippen LogP contribution in [0.4, 0.5) is 0 Å². The third kappa shape index (κ3) is 2.40. The first-order valence-electron chi connectivity index (χ1n) is 5.83. The van der Waals surface area contributed by atoms with Gasteiger partial charge in [-0.1, -0.05) is 32.0 Å². The van der Waals surface area contributed by atoms with E-state index in [2.05, 4.69) is 24.0 Å². The van der Waals surface area contributed by atoms with E-state index < -0.39 is 0 Å². The number of halogens is 1. The summed E-state index contributed by atoms with van der Waals surface area (Å²) in [6.07, 6.45) is 0. The number of ether oxygens (including phenoxy) is 1. The van der Waals surface area contributed by atoms with Gasteiger partial charge in [0.2, 0.25) is 5.28 Å². The first-order valence-corrected chi connectivity index (χ1v) is 6.21. The monoisotopic (exact) mass is 265 g/mol. The molecule has 0 saturated carbocycles. The Morgan fingerprint density at radius 1 is 1.28 bits per heavy atom. The van der Waals surface area contributed by atoms with Gasteiger partial charge in [0.25, 0.3) is 0 Å². The van der Waals surface area contributed by atoms with Crippen LogP contribution in [0.15, 0.2) is 24.3 Å². The summed E-state index contributed by atoms with van der Waals surface area (Å²) in [6, 6.07) is 7.95.